The van der Waals surface area contributed by atoms with E-state index in [-0.39, 0.29) is 0 Å². The average molecular weight is 385 g/mol. The van der Waals surface area contributed by atoms with Gasteiger partial charge in [-0.05, 0) is 92.4 Å². The van der Waals surface area contributed by atoms with Gasteiger partial charge in [0, 0.05) is 0 Å². The molecule has 0 atom stereocenters. The van der Waals surface area contributed by atoms with Crippen molar-refractivity contribution in [1.82, 2.24) is 0 Å². The van der Waals surface area contributed by atoms with E-state index in [1.54, 1.807) is 0 Å². The van der Waals surface area contributed by atoms with Crippen molar-refractivity contribution < 1.29 is 0 Å². The molecule has 5 aromatic carbocycles. The van der Waals surface area contributed by atoms with Crippen molar-refractivity contribution in [2.75, 3.05) is 0 Å². The molecule has 1 aliphatic carbocycles. The van der Waals surface area contributed by atoms with Crippen molar-refractivity contribution in [2.45, 2.75) is 26.7 Å². The number of fused-ring (bicyclic) bond motifs is 4. The van der Waals surface area contributed by atoms with Crippen molar-refractivity contribution in [3.63, 3.8) is 0 Å². The highest BCUT2D eigenvalue weighted by molar-refractivity contribution is 6.19. The summed E-state index contributed by atoms with van der Waals surface area (Å²) in [4.78, 5) is 0. The predicted octanol–water partition coefficient (Wildman–Crippen LogP) is 8.39. The molecule has 0 heteroatoms. The summed E-state index contributed by atoms with van der Waals surface area (Å²) in [5.41, 5.74) is 8.53. The highest BCUT2D eigenvalue weighted by Gasteiger charge is 2.22. The first-order valence-electron chi connectivity index (χ1n) is 10.9. The normalized spacial score (nSPS) is 13.3. The van der Waals surface area contributed by atoms with Gasteiger partial charge in [0.2, 0.25) is 0 Å². The molecule has 0 aromatic heterocycles. The lowest BCUT2D eigenvalue weighted by molar-refractivity contribution is 0.987. The van der Waals surface area contributed by atoms with Crippen LogP contribution in [0.3, 0.4) is 0 Å². The topological polar surface area (TPSA) is 0 Å². The van der Waals surface area contributed by atoms with Gasteiger partial charge in [0.15, 0.2) is 0 Å². The van der Waals surface area contributed by atoms with Crippen LogP contribution in [-0.2, 0) is 6.42 Å². The summed E-state index contributed by atoms with van der Waals surface area (Å²) in [6.45, 7) is 4.55. The predicted molar refractivity (Wildman–Crippen MR) is 131 cm³/mol. The fourth-order valence-corrected chi connectivity index (χ4v) is 5.51. The van der Waals surface area contributed by atoms with Crippen LogP contribution in [0.25, 0.3) is 49.5 Å². The van der Waals surface area contributed by atoms with E-state index in [1.165, 1.54) is 65.7 Å². The van der Waals surface area contributed by atoms with Crippen LogP contribution in [0.1, 0.15) is 28.7 Å². The number of rotatable bonds is 1. The molecule has 0 saturated carbocycles. The first-order valence-corrected chi connectivity index (χ1v) is 10.9. The number of benzene rings is 5. The Hall–Kier alpha value is -3.38. The second-order valence-electron chi connectivity index (χ2n) is 8.47. The highest BCUT2D eigenvalue weighted by atomic mass is 14.3. The van der Waals surface area contributed by atoms with Gasteiger partial charge in [-0.25, -0.2) is 0 Å². The van der Waals surface area contributed by atoms with Crippen LogP contribution < -0.4 is 0 Å². The fraction of sp³-hybridized carbons (Fsp3) is 0.133. The summed E-state index contributed by atoms with van der Waals surface area (Å²) in [6, 6.07) is 26.8. The largest absolute Gasteiger partial charge is 0.0836 e. The maximum atomic E-state index is 2.35. The van der Waals surface area contributed by atoms with Crippen molar-refractivity contribution in [1.29, 1.82) is 0 Å². The van der Waals surface area contributed by atoms with Crippen molar-refractivity contribution >= 4 is 38.4 Å². The van der Waals surface area contributed by atoms with E-state index >= 15 is 0 Å². The SMILES string of the molecule is Cc1c2c(c(-c3c4ccccc4c(C)c4ccccc34)c3ccccc13)CCC=C2. The van der Waals surface area contributed by atoms with Gasteiger partial charge in [0.25, 0.3) is 0 Å². The maximum absolute atomic E-state index is 2.35. The van der Waals surface area contributed by atoms with Gasteiger partial charge < -0.3 is 0 Å². The third kappa shape index (κ3) is 2.34. The Bertz CT molecular complexity index is 1440. The second kappa shape index (κ2) is 6.57. The van der Waals surface area contributed by atoms with Crippen LogP contribution in [-0.4, -0.2) is 0 Å². The van der Waals surface area contributed by atoms with Crippen LogP contribution in [0.4, 0.5) is 0 Å². The van der Waals surface area contributed by atoms with Crippen LogP contribution >= 0.6 is 0 Å². The molecule has 0 heterocycles. The summed E-state index contributed by atoms with van der Waals surface area (Å²) in [5.74, 6) is 0. The van der Waals surface area contributed by atoms with Gasteiger partial charge in [0.1, 0.15) is 0 Å². The molecule has 0 spiro atoms. The standard InChI is InChI=1S/C30H24/c1-19-21-11-3-7-15-25(21)29(26-16-8-4-12-22(19)26)30-27-17-9-5-13-23(27)20(2)24-14-6-10-18-28(24)30/h3-9,11-17H,10,18H2,1-2H3. The zero-order valence-electron chi connectivity index (χ0n) is 17.5. The molecular formula is C30H24. The Morgan fingerprint density at radius 1 is 0.533 bits per heavy atom. The molecule has 0 nitrogen and oxygen atoms in total. The molecule has 1 aliphatic rings. The Kier molecular flexibility index (Phi) is 3.83. The number of hydrogen-bond acceptors (Lipinski definition) is 0. The molecule has 0 N–H and O–H groups in total. The maximum Gasteiger partial charge on any atom is -0.00174 e. The lowest BCUT2D eigenvalue weighted by Gasteiger charge is -2.24. The fourth-order valence-electron chi connectivity index (χ4n) is 5.51. The number of hydrogen-bond donors (Lipinski definition) is 0. The van der Waals surface area contributed by atoms with Crippen molar-refractivity contribution in [3.8, 4) is 11.1 Å². The van der Waals surface area contributed by atoms with Crippen LogP contribution in [0, 0.1) is 13.8 Å². The Morgan fingerprint density at radius 2 is 1.00 bits per heavy atom. The van der Waals surface area contributed by atoms with Gasteiger partial charge in [-0.1, -0.05) is 84.9 Å². The van der Waals surface area contributed by atoms with Gasteiger partial charge in [-0.15, -0.1) is 0 Å². The molecule has 0 bridgehead atoms. The quantitative estimate of drug-likeness (QED) is 0.255. The van der Waals surface area contributed by atoms with Gasteiger partial charge in [-0.3, -0.25) is 0 Å². The van der Waals surface area contributed by atoms with E-state index in [9.17, 15) is 0 Å². The summed E-state index contributed by atoms with van der Waals surface area (Å²) in [5, 5.41) is 8.18. The van der Waals surface area contributed by atoms with E-state index in [0.29, 0.717) is 0 Å². The molecule has 0 fully saturated rings. The third-order valence-corrected chi connectivity index (χ3v) is 6.93. The third-order valence-electron chi connectivity index (χ3n) is 6.93. The summed E-state index contributed by atoms with van der Waals surface area (Å²) >= 11 is 0. The summed E-state index contributed by atoms with van der Waals surface area (Å²) in [7, 11) is 0. The summed E-state index contributed by atoms with van der Waals surface area (Å²) in [6.07, 6.45) is 6.89. The number of allylic oxidation sites excluding steroid dienone is 1. The minimum atomic E-state index is 1.10. The molecule has 30 heavy (non-hydrogen) atoms. The number of aryl methyl sites for hydroxylation is 2. The zero-order valence-corrected chi connectivity index (χ0v) is 17.5. The van der Waals surface area contributed by atoms with Crippen LogP contribution in [0.2, 0.25) is 0 Å². The average Bonchev–Trinajstić information content (AvgIpc) is 2.81. The van der Waals surface area contributed by atoms with Crippen LogP contribution in [0.5, 0.6) is 0 Å². The Labute approximate surface area is 177 Å². The highest BCUT2D eigenvalue weighted by Crippen LogP contribution is 2.46. The van der Waals surface area contributed by atoms with Gasteiger partial charge >= 0.3 is 0 Å². The summed E-state index contributed by atoms with van der Waals surface area (Å²) < 4.78 is 0. The van der Waals surface area contributed by atoms with Crippen LogP contribution in [0.15, 0.2) is 78.9 Å². The zero-order chi connectivity index (χ0) is 20.2. The first kappa shape index (κ1) is 17.5. The van der Waals surface area contributed by atoms with Crippen molar-refractivity contribution in [2.24, 2.45) is 0 Å². The molecule has 144 valence electrons. The first-order chi connectivity index (χ1) is 14.8. The van der Waals surface area contributed by atoms with Gasteiger partial charge in [-0.2, -0.15) is 0 Å². The van der Waals surface area contributed by atoms with E-state index < -0.39 is 0 Å². The van der Waals surface area contributed by atoms with E-state index in [1.807, 2.05) is 0 Å². The molecule has 0 radical (unpaired) electrons. The van der Waals surface area contributed by atoms with E-state index in [0.717, 1.165) is 12.8 Å². The molecule has 0 aliphatic heterocycles. The lowest BCUT2D eigenvalue weighted by Crippen LogP contribution is -2.03. The van der Waals surface area contributed by atoms with Crippen molar-refractivity contribution in [3.05, 3.63) is 101 Å². The smallest absolute Gasteiger partial charge is 0.00174 e. The molecule has 6 rings (SSSR count). The monoisotopic (exact) mass is 384 g/mol. The molecule has 0 saturated heterocycles. The lowest BCUT2D eigenvalue weighted by atomic mass is 9.79. The Morgan fingerprint density at radius 3 is 1.57 bits per heavy atom. The van der Waals surface area contributed by atoms with E-state index in [2.05, 4.69) is 98.8 Å². The molecular weight excluding hydrogens is 360 g/mol. The molecule has 5 aromatic rings. The van der Waals surface area contributed by atoms with E-state index in [4.69, 9.17) is 0 Å². The van der Waals surface area contributed by atoms with Gasteiger partial charge in [0.05, 0.1) is 0 Å². The minimum Gasteiger partial charge on any atom is -0.0836 e. The molecule has 0 amide bonds. The second-order valence-corrected chi connectivity index (χ2v) is 8.47. The Balaban J connectivity index is 1.92. The minimum absolute atomic E-state index is 1.10. The molecule has 0 unspecified atom stereocenters.